The quantitative estimate of drug-likeness (QED) is 0.379. The highest BCUT2D eigenvalue weighted by atomic mass is 32.2. The third kappa shape index (κ3) is 7.40. The molecule has 27 heavy (non-hydrogen) atoms. The predicted molar refractivity (Wildman–Crippen MR) is 113 cm³/mol. The van der Waals surface area contributed by atoms with Gasteiger partial charge in [0.15, 0.2) is 5.96 Å². The number of hydrogen-bond donors (Lipinski definition) is 3. The van der Waals surface area contributed by atoms with Gasteiger partial charge in [-0.05, 0) is 31.9 Å². The lowest BCUT2D eigenvalue weighted by molar-refractivity contribution is 0.0257. The van der Waals surface area contributed by atoms with Crippen LogP contribution in [-0.4, -0.2) is 56.6 Å². The minimum atomic E-state index is -3.41. The highest BCUT2D eigenvalue weighted by Crippen LogP contribution is 2.24. The first-order chi connectivity index (χ1) is 12.7. The topological polar surface area (TPSA) is 94.0 Å². The Hall–Kier alpha value is -1.16. The van der Waals surface area contributed by atoms with Crippen LogP contribution in [0.5, 0.6) is 0 Å². The molecule has 0 fully saturated rings. The van der Waals surface area contributed by atoms with Crippen LogP contribution in [0.4, 0.5) is 0 Å². The Morgan fingerprint density at radius 3 is 2.33 bits per heavy atom. The molecule has 9 heteroatoms. The summed E-state index contributed by atoms with van der Waals surface area (Å²) in [6.45, 7) is 7.63. The van der Waals surface area contributed by atoms with Gasteiger partial charge in [0.1, 0.15) is 4.21 Å². The molecule has 0 aromatic carbocycles. The van der Waals surface area contributed by atoms with E-state index in [9.17, 15) is 13.5 Å². The maximum absolute atomic E-state index is 12.2. The average Bonchev–Trinajstić information content (AvgIpc) is 3.07. The van der Waals surface area contributed by atoms with Crippen molar-refractivity contribution in [3.05, 3.63) is 17.0 Å². The fraction of sp³-hybridized carbons (Fsp3) is 0.722. The van der Waals surface area contributed by atoms with Gasteiger partial charge in [0.25, 0.3) is 10.0 Å². The number of hydrogen-bond acceptors (Lipinski definition) is 5. The van der Waals surface area contributed by atoms with Gasteiger partial charge >= 0.3 is 0 Å². The molecule has 0 aliphatic carbocycles. The van der Waals surface area contributed by atoms with E-state index in [0.717, 1.165) is 30.6 Å². The van der Waals surface area contributed by atoms with E-state index in [-0.39, 0.29) is 0 Å². The highest BCUT2D eigenvalue weighted by molar-refractivity contribution is 7.91. The molecule has 0 unspecified atom stereocenters. The number of aliphatic imine (C=N–C) groups is 1. The Kier molecular flexibility index (Phi) is 9.72. The molecule has 1 rings (SSSR count). The molecule has 0 aliphatic rings. The molecule has 0 radical (unpaired) electrons. The molecular weight excluding hydrogens is 384 g/mol. The second-order valence-electron chi connectivity index (χ2n) is 6.78. The molecule has 0 amide bonds. The zero-order chi connectivity index (χ0) is 20.5. The van der Waals surface area contributed by atoms with Crippen LogP contribution in [0.25, 0.3) is 0 Å². The maximum Gasteiger partial charge on any atom is 0.252 e. The summed E-state index contributed by atoms with van der Waals surface area (Å²) in [5.41, 5.74) is -0.740. The molecule has 0 bridgehead atoms. The molecule has 1 aromatic rings. The van der Waals surface area contributed by atoms with E-state index in [1.807, 2.05) is 6.92 Å². The van der Waals surface area contributed by atoms with Crippen LogP contribution in [0.15, 0.2) is 21.3 Å². The van der Waals surface area contributed by atoms with Crippen molar-refractivity contribution in [2.75, 3.05) is 27.2 Å². The summed E-state index contributed by atoms with van der Waals surface area (Å²) >= 11 is 1.23. The van der Waals surface area contributed by atoms with Gasteiger partial charge in [0, 0.05) is 32.1 Å². The normalized spacial score (nSPS) is 13.2. The molecule has 0 saturated carbocycles. The molecule has 1 aromatic heterocycles. The van der Waals surface area contributed by atoms with Crippen LogP contribution in [0, 0.1) is 0 Å². The third-order valence-electron chi connectivity index (χ3n) is 4.12. The van der Waals surface area contributed by atoms with E-state index >= 15 is 0 Å². The third-order valence-corrected chi connectivity index (χ3v) is 7.48. The molecule has 0 atom stereocenters. The lowest BCUT2D eigenvalue weighted by Crippen LogP contribution is -2.47. The summed E-state index contributed by atoms with van der Waals surface area (Å²) in [5, 5.41) is 17.1. The molecule has 0 aliphatic heterocycles. The van der Waals surface area contributed by atoms with Crippen LogP contribution >= 0.6 is 11.3 Å². The van der Waals surface area contributed by atoms with Gasteiger partial charge in [-0.25, -0.2) is 17.7 Å². The molecule has 0 spiro atoms. The Morgan fingerprint density at radius 2 is 1.81 bits per heavy atom. The number of nitrogens with zero attached hydrogens (tertiary/aromatic N) is 2. The lowest BCUT2D eigenvalue weighted by Gasteiger charge is -2.28. The van der Waals surface area contributed by atoms with Gasteiger partial charge in [-0.2, -0.15) is 0 Å². The van der Waals surface area contributed by atoms with Crippen LogP contribution in [0.1, 0.15) is 51.3 Å². The van der Waals surface area contributed by atoms with Crippen molar-refractivity contribution in [3.8, 4) is 0 Å². The zero-order valence-electron chi connectivity index (χ0n) is 17.1. The minimum Gasteiger partial charge on any atom is -0.388 e. The first-order valence-electron chi connectivity index (χ1n) is 9.44. The minimum absolute atomic E-state index is 0.316. The SMILES string of the molecule is CCCC(O)(CCC)CNC(=NCc1ccc(S(=O)(=O)N(C)C)s1)NCC. The fourth-order valence-electron chi connectivity index (χ4n) is 2.74. The molecule has 7 nitrogen and oxygen atoms in total. The number of aliphatic hydroxyl groups is 1. The van der Waals surface area contributed by atoms with Gasteiger partial charge in [0.2, 0.25) is 0 Å². The summed E-state index contributed by atoms with van der Waals surface area (Å²) in [6.07, 6.45) is 3.32. The number of thiophene rings is 1. The Labute approximate surface area is 167 Å². The van der Waals surface area contributed by atoms with Gasteiger partial charge in [0.05, 0.1) is 12.1 Å². The summed E-state index contributed by atoms with van der Waals surface area (Å²) in [5.74, 6) is 0.619. The van der Waals surface area contributed by atoms with E-state index in [1.54, 1.807) is 12.1 Å². The number of sulfonamides is 1. The molecule has 0 saturated heterocycles. The Bertz CT molecular complexity index is 693. The van der Waals surface area contributed by atoms with Crippen LogP contribution in [0.3, 0.4) is 0 Å². The largest absolute Gasteiger partial charge is 0.388 e. The van der Waals surface area contributed by atoms with Crippen LogP contribution in [-0.2, 0) is 16.6 Å². The van der Waals surface area contributed by atoms with E-state index < -0.39 is 15.6 Å². The number of rotatable bonds is 11. The second-order valence-corrected chi connectivity index (χ2v) is 10.3. The monoisotopic (exact) mass is 418 g/mol. The number of guanidine groups is 1. The molecule has 3 N–H and O–H groups in total. The van der Waals surface area contributed by atoms with Crippen molar-refractivity contribution in [1.82, 2.24) is 14.9 Å². The first-order valence-corrected chi connectivity index (χ1v) is 11.7. The highest BCUT2D eigenvalue weighted by Gasteiger charge is 2.25. The molecule has 156 valence electrons. The first kappa shape index (κ1) is 23.9. The molecular formula is C18H34N4O3S2. The van der Waals surface area contributed by atoms with Crippen LogP contribution < -0.4 is 10.6 Å². The second kappa shape index (κ2) is 11.0. The summed E-state index contributed by atoms with van der Waals surface area (Å²) in [6, 6.07) is 3.41. The Morgan fingerprint density at radius 1 is 1.19 bits per heavy atom. The Balaban J connectivity index is 2.81. The van der Waals surface area contributed by atoms with Gasteiger partial charge in [-0.3, -0.25) is 0 Å². The molecule has 1 heterocycles. The zero-order valence-corrected chi connectivity index (χ0v) is 18.7. The van der Waals surface area contributed by atoms with E-state index in [2.05, 4.69) is 29.5 Å². The van der Waals surface area contributed by atoms with Crippen molar-refractivity contribution in [3.63, 3.8) is 0 Å². The maximum atomic E-state index is 12.2. The summed E-state index contributed by atoms with van der Waals surface area (Å²) in [4.78, 5) is 5.40. The van der Waals surface area contributed by atoms with Crippen molar-refractivity contribution < 1.29 is 13.5 Å². The van der Waals surface area contributed by atoms with Gasteiger partial charge in [-0.1, -0.05) is 26.7 Å². The lowest BCUT2D eigenvalue weighted by atomic mass is 9.93. The summed E-state index contributed by atoms with van der Waals surface area (Å²) in [7, 11) is -0.365. The smallest absolute Gasteiger partial charge is 0.252 e. The van der Waals surface area contributed by atoms with Crippen molar-refractivity contribution in [1.29, 1.82) is 0 Å². The van der Waals surface area contributed by atoms with Crippen molar-refractivity contribution in [2.45, 2.75) is 62.8 Å². The summed E-state index contributed by atoms with van der Waals surface area (Å²) < 4.78 is 25.9. The fourth-order valence-corrected chi connectivity index (χ4v) is 5.19. The number of nitrogens with one attached hydrogen (secondary N) is 2. The van der Waals surface area contributed by atoms with Crippen molar-refractivity contribution >= 4 is 27.3 Å². The van der Waals surface area contributed by atoms with E-state index in [4.69, 9.17) is 0 Å². The van der Waals surface area contributed by atoms with Gasteiger partial charge in [-0.15, -0.1) is 11.3 Å². The van der Waals surface area contributed by atoms with E-state index in [1.165, 1.54) is 29.7 Å². The van der Waals surface area contributed by atoms with Crippen LogP contribution in [0.2, 0.25) is 0 Å². The predicted octanol–water partition coefficient (Wildman–Crippen LogP) is 2.38. The van der Waals surface area contributed by atoms with Gasteiger partial charge < -0.3 is 15.7 Å². The van der Waals surface area contributed by atoms with Crippen molar-refractivity contribution in [2.24, 2.45) is 4.99 Å². The standard InChI is InChI=1S/C18H34N4O3S2/c1-6-11-18(23,12-7-2)14-21-17(19-8-3)20-13-15-9-10-16(26-15)27(24,25)22(4)5/h9-10,23H,6-8,11-14H2,1-5H3,(H2,19,20,21). The van der Waals surface area contributed by atoms with E-state index in [0.29, 0.717) is 29.8 Å². The average molecular weight is 419 g/mol.